The summed E-state index contributed by atoms with van der Waals surface area (Å²) in [7, 11) is 0. The molecule has 8 aromatic heterocycles. The lowest BCUT2D eigenvalue weighted by Gasteiger charge is -2.48. The Bertz CT molecular complexity index is 6470. The number of ether oxygens (including phenoxy) is 1. The van der Waals surface area contributed by atoms with Crippen LogP contribution in [0.2, 0.25) is 0 Å². The average molecular weight is 1890 g/mol. The summed E-state index contributed by atoms with van der Waals surface area (Å²) >= 11 is 0. The van der Waals surface area contributed by atoms with Crippen molar-refractivity contribution in [2.45, 2.75) is 220 Å². The molecule has 30 nitrogen and oxygen atoms in total. The summed E-state index contributed by atoms with van der Waals surface area (Å²) in [5.41, 5.74) is 3.90. The summed E-state index contributed by atoms with van der Waals surface area (Å²) in [4.78, 5) is 143. The number of amides is 7. The molecule has 7 amide bonds. The molecule has 3 aromatic carbocycles. The third-order valence-corrected chi connectivity index (χ3v) is 26.2. The van der Waals surface area contributed by atoms with E-state index in [1.54, 1.807) is 99.6 Å². The highest BCUT2D eigenvalue weighted by atomic mass is 19.4. The molecule has 0 radical (unpaired) electrons. The van der Waals surface area contributed by atoms with Crippen LogP contribution in [0.3, 0.4) is 0 Å². The fourth-order valence-electron chi connectivity index (χ4n) is 18.2. The maximum atomic E-state index is 13.8. The van der Waals surface area contributed by atoms with Crippen LogP contribution >= 0.6 is 0 Å². The highest BCUT2D eigenvalue weighted by Gasteiger charge is 2.49. The number of aromatic nitrogens is 12. The third kappa shape index (κ3) is 20.8. The molecule has 1 N–H and O–H groups in total. The predicted octanol–water partition coefficient (Wildman–Crippen LogP) is 15.5. The van der Waals surface area contributed by atoms with E-state index in [0.29, 0.717) is 124 Å². The van der Waals surface area contributed by atoms with Crippen LogP contribution < -0.4 is 0 Å². The SMILES string of the molecule is CC(=O)N1CCN(C(=O)c2cn3nc(-c4ccc(F)cc4)cc(C(C)(C)C)c3n2)C(C)(C)C1.CC(=O)N1CCN(C(=O)c2cn3nc(-c4ccc(F)cc4)cc(C(C)C)c3n2)C(C)(C)C1.CC(C)(C)c1cc(C2CCC(F)(F)CC2)nn2cc(C(=O)N3CCN(C(=O)C4CC(C(=O)O)C4)CC3(C)C)nc12.CC1(C)C(=O)OCCN1C(=O)c1cn2nc(-c3ccc(F)cc3)cc(C(F)(F)F)c2n1. The minimum Gasteiger partial charge on any atom is -0.481 e. The van der Waals surface area contributed by atoms with Crippen LogP contribution in [0.15, 0.2) is 122 Å². The summed E-state index contributed by atoms with van der Waals surface area (Å²) in [5.74, 6) is -7.26. The number of alkyl halides is 5. The van der Waals surface area contributed by atoms with Crippen LogP contribution in [0.1, 0.15) is 245 Å². The molecule has 0 unspecified atom stereocenters. The van der Waals surface area contributed by atoms with Gasteiger partial charge in [-0.1, -0.05) is 55.4 Å². The molecule has 2 saturated carbocycles. The second kappa shape index (κ2) is 37.1. The minimum atomic E-state index is -4.78. The van der Waals surface area contributed by atoms with Crippen LogP contribution in [-0.4, -0.2) is 251 Å². The number of hydrogen-bond acceptors (Lipinski definition) is 18. The van der Waals surface area contributed by atoms with E-state index in [-0.39, 0.29) is 124 Å². The number of hydrogen-bond donors (Lipinski definition) is 1. The molecular formula is C98H113F8N19O11. The van der Waals surface area contributed by atoms with Gasteiger partial charge in [0.2, 0.25) is 23.6 Å². The van der Waals surface area contributed by atoms with Crippen molar-refractivity contribution in [3.63, 3.8) is 0 Å². The van der Waals surface area contributed by atoms with Crippen LogP contribution in [0.25, 0.3) is 56.4 Å². The fraction of sp³-hybridized carbons (Fsp3) is 0.480. The van der Waals surface area contributed by atoms with Crippen LogP contribution in [0.4, 0.5) is 35.1 Å². The number of carbonyl (C=O) groups excluding carboxylic acids is 8. The number of morpholine rings is 1. The second-order valence-corrected chi connectivity index (χ2v) is 40.5. The number of fused-ring (bicyclic) bond motifs is 4. The molecule has 6 fully saturated rings. The van der Waals surface area contributed by atoms with E-state index in [4.69, 9.17) is 24.9 Å². The molecule has 0 bridgehead atoms. The zero-order valence-corrected chi connectivity index (χ0v) is 79.4. The van der Waals surface area contributed by atoms with Gasteiger partial charge >= 0.3 is 18.1 Å². The van der Waals surface area contributed by atoms with Crippen molar-refractivity contribution in [2.75, 3.05) is 72.1 Å². The molecule has 17 rings (SSSR count). The van der Waals surface area contributed by atoms with Gasteiger partial charge in [0.05, 0.1) is 76.6 Å². The first-order valence-corrected chi connectivity index (χ1v) is 45.3. The Balaban J connectivity index is 0.000000146. The standard InChI is InChI=1S/C29H39F2N5O4.C25H30FN5O2.C24H28FN5O2.C20H16F4N4O3/c1-27(2,3)20-14-21(17-6-8-29(30,31)9-7-17)33-36-15-22(32-23(20)36)25(38)35-11-10-34(16-28(35,4)5)24(37)18-12-19(13-18)26(39)40;1-16(32)29-11-12-30(25(5,6)15-29)23(33)21-14-31-22(27-21)19(24(2,3)4)13-20(28-31)17-7-9-18(26)10-8-17;1-15(2)19-12-20(17-6-8-18(25)9-7-17)27-30-13-21(26-22(19)30)23(32)29-11-10-28(16(3)31)14-24(29,4)5;1-19(2)18(30)31-8-7-27(19)17(29)15-10-28-16(25-15)13(20(22,23)24)9-14(26-28)11-3-5-12(21)6-4-11/h14-15,17-19H,6-13,16H2,1-5H3,(H,39,40);7-10,13-14H,11-12,15H2,1-6H3;6-9,12-13,15H,10-11,14H2,1-5H3;3-6,9-10H,7-8H2,1-2H3. The first-order valence-electron chi connectivity index (χ1n) is 45.3. The van der Waals surface area contributed by atoms with Crippen LogP contribution in [0, 0.1) is 29.3 Å². The molecule has 4 aliphatic heterocycles. The first kappa shape index (κ1) is 98.8. The summed E-state index contributed by atoms with van der Waals surface area (Å²) in [5, 5.41) is 27.3. The molecule has 722 valence electrons. The van der Waals surface area contributed by atoms with Crippen molar-refractivity contribution in [1.82, 2.24) is 92.7 Å². The van der Waals surface area contributed by atoms with Gasteiger partial charge in [0, 0.05) is 131 Å². The Labute approximate surface area is 780 Å². The van der Waals surface area contributed by atoms with Gasteiger partial charge in [0.15, 0.2) is 22.6 Å². The lowest BCUT2D eigenvalue weighted by Crippen LogP contribution is -2.63. The number of nitrogens with zero attached hydrogens (tertiary/aromatic N) is 19. The molecule has 0 spiro atoms. The quantitative estimate of drug-likeness (QED) is 0.0928. The lowest BCUT2D eigenvalue weighted by molar-refractivity contribution is -0.162. The summed E-state index contributed by atoms with van der Waals surface area (Å²) in [6, 6.07) is 23.9. The number of carboxylic acids is 1. The van der Waals surface area contributed by atoms with Gasteiger partial charge in [-0.2, -0.15) is 33.6 Å². The van der Waals surface area contributed by atoms with E-state index in [0.717, 1.165) is 62.4 Å². The molecule has 2 aliphatic carbocycles. The Morgan fingerprint density at radius 2 is 0.794 bits per heavy atom. The van der Waals surface area contributed by atoms with Gasteiger partial charge in [-0.25, -0.2) is 64.7 Å². The summed E-state index contributed by atoms with van der Waals surface area (Å²) < 4.78 is 119. The van der Waals surface area contributed by atoms with Gasteiger partial charge in [-0.15, -0.1) is 0 Å². The number of esters is 1. The Morgan fingerprint density at radius 3 is 1.17 bits per heavy atom. The van der Waals surface area contributed by atoms with Crippen molar-refractivity contribution >= 4 is 75.9 Å². The van der Waals surface area contributed by atoms with Gasteiger partial charge < -0.3 is 44.1 Å². The average Bonchev–Trinajstić information content (AvgIpc) is 1.63. The van der Waals surface area contributed by atoms with Gasteiger partial charge in [0.1, 0.15) is 57.9 Å². The molecule has 12 heterocycles. The van der Waals surface area contributed by atoms with Crippen molar-refractivity contribution in [3.05, 3.63) is 190 Å². The number of halogens is 8. The van der Waals surface area contributed by atoms with E-state index in [2.05, 4.69) is 80.7 Å². The van der Waals surface area contributed by atoms with Crippen molar-refractivity contribution in [2.24, 2.45) is 11.8 Å². The fourth-order valence-corrected chi connectivity index (χ4v) is 18.2. The van der Waals surface area contributed by atoms with E-state index >= 15 is 0 Å². The molecule has 11 aromatic rings. The Hall–Kier alpha value is -13.2. The van der Waals surface area contributed by atoms with Gasteiger partial charge in [-0.3, -0.25) is 38.4 Å². The monoisotopic (exact) mass is 1880 g/mol. The number of aliphatic carboxylic acids is 1. The first-order chi connectivity index (χ1) is 63.5. The van der Waals surface area contributed by atoms with Crippen molar-refractivity contribution in [1.29, 1.82) is 0 Å². The number of imidazole rings is 4. The van der Waals surface area contributed by atoms with E-state index < -0.39 is 75.0 Å². The van der Waals surface area contributed by atoms with E-state index in [1.165, 1.54) is 55.1 Å². The highest BCUT2D eigenvalue weighted by molar-refractivity contribution is 5.98. The maximum Gasteiger partial charge on any atom is 0.420 e. The normalized spacial score (nSPS) is 18.9. The topological polar surface area (TPSA) is 327 Å². The van der Waals surface area contributed by atoms with Crippen LogP contribution in [0.5, 0.6) is 0 Å². The Kier molecular flexibility index (Phi) is 27.0. The third-order valence-electron chi connectivity index (χ3n) is 26.2. The van der Waals surface area contributed by atoms with Crippen LogP contribution in [-0.2, 0) is 45.7 Å². The zero-order valence-electron chi connectivity index (χ0n) is 79.4. The van der Waals surface area contributed by atoms with Gasteiger partial charge in [-0.05, 0) is 195 Å². The molecule has 4 saturated heterocycles. The number of carbonyl (C=O) groups is 9. The second-order valence-electron chi connectivity index (χ2n) is 40.5. The highest BCUT2D eigenvalue weighted by Crippen LogP contribution is 2.44. The van der Waals surface area contributed by atoms with Crippen molar-refractivity contribution in [3.8, 4) is 33.8 Å². The molecule has 6 aliphatic rings. The molecule has 136 heavy (non-hydrogen) atoms. The number of carboxylic acid groups (broad SMARTS) is 1. The smallest absolute Gasteiger partial charge is 0.420 e. The zero-order chi connectivity index (χ0) is 99.1. The molecule has 0 atom stereocenters. The number of piperazine rings is 3. The lowest BCUT2D eigenvalue weighted by atomic mass is 9.74. The number of benzene rings is 3. The van der Waals surface area contributed by atoms with Crippen molar-refractivity contribution < 1.29 is 88.1 Å². The Morgan fingerprint density at radius 1 is 0.449 bits per heavy atom. The molecule has 38 heteroatoms. The van der Waals surface area contributed by atoms with E-state index in [9.17, 15) is 78.3 Å². The number of rotatable bonds is 11. The maximum absolute atomic E-state index is 13.8. The summed E-state index contributed by atoms with van der Waals surface area (Å²) in [6.07, 6.45) is 2.40. The van der Waals surface area contributed by atoms with Gasteiger partial charge in [0.25, 0.3) is 23.6 Å². The summed E-state index contributed by atoms with van der Waals surface area (Å²) in [6.45, 7) is 38.2. The van der Waals surface area contributed by atoms with E-state index in [1.807, 2.05) is 59.7 Å². The predicted molar refractivity (Wildman–Crippen MR) is 487 cm³/mol. The minimum absolute atomic E-state index is 0.00949. The largest absolute Gasteiger partial charge is 0.481 e. The molecular weight excluding hydrogens is 1770 g/mol. The number of cyclic esters (lactones) is 1.